The monoisotopic (exact) mass is 473 g/mol. The highest BCUT2D eigenvalue weighted by atomic mass is 16.2. The van der Waals surface area contributed by atoms with Gasteiger partial charge in [-0.25, -0.2) is 0 Å². The molecule has 186 valence electrons. The quantitative estimate of drug-likeness (QED) is 0.632. The van der Waals surface area contributed by atoms with E-state index in [-0.39, 0.29) is 23.8 Å². The van der Waals surface area contributed by atoms with Gasteiger partial charge in [0, 0.05) is 44.2 Å². The van der Waals surface area contributed by atoms with Gasteiger partial charge in [-0.15, -0.1) is 0 Å². The second-order valence-corrected chi connectivity index (χ2v) is 11.1. The third-order valence-corrected chi connectivity index (χ3v) is 8.44. The van der Waals surface area contributed by atoms with Gasteiger partial charge in [0.15, 0.2) is 0 Å². The number of nitrogens with one attached hydrogen (secondary N) is 1. The molecule has 0 radical (unpaired) electrons. The minimum Gasteiger partial charge on any atom is -0.349 e. The van der Waals surface area contributed by atoms with Crippen molar-refractivity contribution in [1.29, 1.82) is 0 Å². The van der Waals surface area contributed by atoms with Crippen LogP contribution < -0.4 is 5.32 Å². The first-order valence-electron chi connectivity index (χ1n) is 13.4. The Bertz CT molecular complexity index is 1030. The molecule has 3 aliphatic rings. The first-order valence-corrected chi connectivity index (χ1v) is 13.4. The van der Waals surface area contributed by atoms with Crippen LogP contribution in [0.15, 0.2) is 48.5 Å². The van der Waals surface area contributed by atoms with Crippen molar-refractivity contribution in [2.45, 2.75) is 52.0 Å². The summed E-state index contributed by atoms with van der Waals surface area (Å²) < 4.78 is 0. The lowest BCUT2D eigenvalue weighted by Crippen LogP contribution is -2.36. The van der Waals surface area contributed by atoms with Crippen LogP contribution >= 0.6 is 0 Å². The average Bonchev–Trinajstić information content (AvgIpc) is 3.59. The van der Waals surface area contributed by atoms with Gasteiger partial charge in [0.25, 0.3) is 5.91 Å². The van der Waals surface area contributed by atoms with Crippen LogP contribution in [0.25, 0.3) is 0 Å². The molecule has 2 amide bonds. The number of hydrogen-bond acceptors (Lipinski definition) is 3. The van der Waals surface area contributed by atoms with Gasteiger partial charge in [0.1, 0.15) is 0 Å². The summed E-state index contributed by atoms with van der Waals surface area (Å²) in [5.41, 5.74) is 4.31. The fraction of sp³-hybridized carbons (Fsp3) is 0.533. The molecule has 2 aliphatic heterocycles. The Balaban J connectivity index is 1.16. The Morgan fingerprint density at radius 1 is 0.943 bits per heavy atom. The van der Waals surface area contributed by atoms with Crippen LogP contribution in [0.2, 0.25) is 0 Å². The lowest BCUT2D eigenvalue weighted by molar-refractivity contribution is -0.125. The maximum absolute atomic E-state index is 13.1. The highest BCUT2D eigenvalue weighted by molar-refractivity contribution is 5.96. The Kier molecular flexibility index (Phi) is 7.24. The number of hydrogen-bond donors (Lipinski definition) is 1. The summed E-state index contributed by atoms with van der Waals surface area (Å²) in [5, 5.41) is 3.38. The molecule has 35 heavy (non-hydrogen) atoms. The van der Waals surface area contributed by atoms with Crippen LogP contribution in [0.3, 0.4) is 0 Å². The number of nitrogens with zero attached hydrogens (tertiary/aromatic N) is 2. The van der Waals surface area contributed by atoms with Crippen molar-refractivity contribution in [3.05, 3.63) is 70.8 Å². The predicted octanol–water partition coefficient (Wildman–Crippen LogP) is 4.75. The van der Waals surface area contributed by atoms with Crippen LogP contribution in [0.4, 0.5) is 0 Å². The van der Waals surface area contributed by atoms with Crippen LogP contribution in [-0.4, -0.2) is 54.3 Å². The van der Waals surface area contributed by atoms with E-state index in [1.54, 1.807) is 0 Å². The van der Waals surface area contributed by atoms with E-state index in [1.807, 2.05) is 25.1 Å². The van der Waals surface area contributed by atoms with E-state index in [9.17, 15) is 9.59 Å². The molecule has 2 aromatic rings. The minimum absolute atomic E-state index is 0.0623. The molecule has 1 saturated carbocycles. The molecule has 0 spiro atoms. The van der Waals surface area contributed by atoms with Crippen LogP contribution in [0.1, 0.15) is 65.2 Å². The maximum Gasteiger partial charge on any atom is 0.254 e. The zero-order valence-corrected chi connectivity index (χ0v) is 21.2. The van der Waals surface area contributed by atoms with Gasteiger partial charge in [-0.3, -0.25) is 9.59 Å². The molecule has 1 aliphatic carbocycles. The Morgan fingerprint density at radius 3 is 2.29 bits per heavy atom. The smallest absolute Gasteiger partial charge is 0.254 e. The topological polar surface area (TPSA) is 52.7 Å². The van der Waals surface area contributed by atoms with E-state index in [0.717, 1.165) is 63.1 Å². The van der Waals surface area contributed by atoms with Gasteiger partial charge in [-0.05, 0) is 62.1 Å². The largest absolute Gasteiger partial charge is 0.349 e. The van der Waals surface area contributed by atoms with Crippen LogP contribution in [-0.2, 0) is 4.79 Å². The van der Waals surface area contributed by atoms with Gasteiger partial charge in [0.05, 0.1) is 6.04 Å². The zero-order chi connectivity index (χ0) is 24.4. The van der Waals surface area contributed by atoms with Crippen LogP contribution in [0, 0.1) is 31.6 Å². The molecule has 2 heterocycles. The summed E-state index contributed by atoms with van der Waals surface area (Å²) >= 11 is 0. The van der Waals surface area contributed by atoms with Crippen molar-refractivity contribution in [3.8, 4) is 0 Å². The van der Waals surface area contributed by atoms with Crippen molar-refractivity contribution < 1.29 is 9.59 Å². The van der Waals surface area contributed by atoms with Gasteiger partial charge in [-0.2, -0.15) is 0 Å². The van der Waals surface area contributed by atoms with Crippen molar-refractivity contribution in [1.82, 2.24) is 15.1 Å². The van der Waals surface area contributed by atoms with E-state index in [4.69, 9.17) is 0 Å². The van der Waals surface area contributed by atoms with Gasteiger partial charge in [-0.1, -0.05) is 60.9 Å². The number of carbonyl (C=O) groups excluding carboxylic acids is 2. The summed E-state index contributed by atoms with van der Waals surface area (Å²) in [6.07, 6.45) is 5.33. The Labute approximate surface area is 209 Å². The molecule has 3 atom stereocenters. The number of rotatable bonds is 7. The van der Waals surface area contributed by atoms with Crippen LogP contribution in [0.5, 0.6) is 0 Å². The van der Waals surface area contributed by atoms with Crippen molar-refractivity contribution in [2.75, 3.05) is 32.7 Å². The summed E-state index contributed by atoms with van der Waals surface area (Å²) in [5.74, 6) is 1.70. The lowest BCUT2D eigenvalue weighted by atomic mass is 10.0. The number of carbonyl (C=O) groups is 2. The van der Waals surface area contributed by atoms with Crippen molar-refractivity contribution in [2.24, 2.45) is 17.8 Å². The number of benzene rings is 2. The third kappa shape index (κ3) is 5.45. The molecule has 3 fully saturated rings. The number of likely N-dealkylation sites (tertiary alicyclic amines) is 2. The number of amides is 2. The van der Waals surface area contributed by atoms with Crippen molar-refractivity contribution >= 4 is 11.8 Å². The molecule has 1 N–H and O–H groups in total. The Hall–Kier alpha value is -2.66. The second-order valence-electron chi connectivity index (χ2n) is 11.1. The first-order chi connectivity index (χ1) is 17.0. The zero-order valence-electron chi connectivity index (χ0n) is 21.2. The molecule has 5 nitrogen and oxygen atoms in total. The highest BCUT2D eigenvalue weighted by Gasteiger charge is 2.41. The predicted molar refractivity (Wildman–Crippen MR) is 139 cm³/mol. The summed E-state index contributed by atoms with van der Waals surface area (Å²) in [7, 11) is 0. The van der Waals surface area contributed by atoms with E-state index >= 15 is 0 Å². The van der Waals surface area contributed by atoms with E-state index in [2.05, 4.69) is 52.4 Å². The van der Waals surface area contributed by atoms with E-state index < -0.39 is 0 Å². The lowest BCUT2D eigenvalue weighted by Gasteiger charge is -2.26. The molecule has 5 rings (SSSR count). The second kappa shape index (κ2) is 10.5. The molecular formula is C30H39N3O2. The molecule has 2 saturated heterocycles. The summed E-state index contributed by atoms with van der Waals surface area (Å²) in [4.78, 5) is 30.6. The molecule has 0 bridgehead atoms. The normalized spacial score (nSPS) is 23.4. The van der Waals surface area contributed by atoms with E-state index in [1.165, 1.54) is 24.0 Å². The maximum atomic E-state index is 13.1. The summed E-state index contributed by atoms with van der Waals surface area (Å²) in [6.45, 7) is 8.87. The molecule has 5 heteroatoms. The Morgan fingerprint density at radius 2 is 1.63 bits per heavy atom. The van der Waals surface area contributed by atoms with Gasteiger partial charge < -0.3 is 15.1 Å². The fourth-order valence-electron chi connectivity index (χ4n) is 6.46. The summed E-state index contributed by atoms with van der Waals surface area (Å²) in [6, 6.07) is 16.6. The fourth-order valence-corrected chi connectivity index (χ4v) is 6.46. The minimum atomic E-state index is 0.0623. The first kappa shape index (κ1) is 24.1. The molecule has 0 aromatic heterocycles. The number of fused-ring (bicyclic) bond motifs is 1. The van der Waals surface area contributed by atoms with Gasteiger partial charge in [0.2, 0.25) is 5.91 Å². The highest BCUT2D eigenvalue weighted by Crippen LogP contribution is 2.33. The standard InChI is InChI=1S/C30H39N3O2/c1-21-12-13-27(22(2)16-21)30(35)33-19-25-17-32(18-26(25)20-33)15-14-28(23-8-4-3-5-9-23)31-29(34)24-10-6-7-11-24/h3-5,8-9,12-13,16,24-26,28H,6-7,10-11,14-15,17-20H2,1-2H3,(H,31,34)/t25?,26?,28-/m0/s1. The molecular weight excluding hydrogens is 434 g/mol. The van der Waals surface area contributed by atoms with Crippen molar-refractivity contribution in [3.63, 3.8) is 0 Å². The molecule has 2 unspecified atom stereocenters. The van der Waals surface area contributed by atoms with Gasteiger partial charge >= 0.3 is 0 Å². The average molecular weight is 474 g/mol. The third-order valence-electron chi connectivity index (χ3n) is 8.44. The molecule has 2 aromatic carbocycles. The van der Waals surface area contributed by atoms with E-state index in [0.29, 0.717) is 11.8 Å². The number of aryl methyl sites for hydroxylation is 2. The SMILES string of the molecule is Cc1ccc(C(=O)N2CC3CN(CC[C@H](NC(=O)C4CCCC4)c4ccccc4)CC3C2)c(C)c1.